The zero-order valence-corrected chi connectivity index (χ0v) is 11.7. The van der Waals surface area contributed by atoms with Crippen molar-refractivity contribution in [1.29, 1.82) is 0 Å². The van der Waals surface area contributed by atoms with E-state index >= 15 is 0 Å². The molecule has 0 fully saturated rings. The molecule has 0 saturated heterocycles. The molecule has 2 aromatic rings. The van der Waals surface area contributed by atoms with Gasteiger partial charge in [-0.1, -0.05) is 23.4 Å². The highest BCUT2D eigenvalue weighted by molar-refractivity contribution is 6.31. The number of halogens is 1. The number of pyridine rings is 1. The highest BCUT2D eigenvalue weighted by Gasteiger charge is 2.11. The predicted octanol–water partition coefficient (Wildman–Crippen LogP) is 1.59. The molecule has 1 aromatic carbocycles. The van der Waals surface area contributed by atoms with Gasteiger partial charge in [-0.05, 0) is 18.2 Å². The topological polar surface area (TPSA) is 88.0 Å². The quantitative estimate of drug-likeness (QED) is 0.736. The summed E-state index contributed by atoms with van der Waals surface area (Å²) >= 11 is 5.92. The molecule has 0 aliphatic rings. The molecule has 1 amide bonds. The lowest BCUT2D eigenvalue weighted by Gasteiger charge is -2.07. The summed E-state index contributed by atoms with van der Waals surface area (Å²) < 4.78 is 0. The molecule has 1 heterocycles. The minimum Gasteiger partial charge on any atom is -0.367 e. The number of nitrogens with one attached hydrogen (secondary N) is 2. The Balaban J connectivity index is 2.35. The maximum absolute atomic E-state index is 12.1. The number of carbonyl (C=O) groups is 1. The van der Waals surface area contributed by atoms with E-state index in [1.54, 1.807) is 18.2 Å². The van der Waals surface area contributed by atoms with Crippen LogP contribution < -0.4 is 16.5 Å². The number of hydrogen-bond donors (Lipinski definition) is 3. The summed E-state index contributed by atoms with van der Waals surface area (Å²) in [6, 6.07) is 6.18. The number of aromatic nitrogens is 1. The molecule has 4 N–H and O–H groups in total. The predicted molar refractivity (Wildman–Crippen MR) is 82.4 cm³/mol. The van der Waals surface area contributed by atoms with Crippen molar-refractivity contribution < 1.29 is 4.79 Å². The first kappa shape index (κ1) is 14.9. The second-order valence-corrected chi connectivity index (χ2v) is 4.51. The van der Waals surface area contributed by atoms with E-state index < -0.39 is 5.91 Å². The molecule has 0 aliphatic carbocycles. The van der Waals surface area contributed by atoms with Crippen LogP contribution in [0.4, 0.5) is 5.69 Å². The van der Waals surface area contributed by atoms with E-state index in [-0.39, 0.29) is 17.5 Å². The summed E-state index contributed by atoms with van der Waals surface area (Å²) in [6.45, 7) is 0.203. The van der Waals surface area contributed by atoms with E-state index in [0.29, 0.717) is 16.3 Å². The first-order valence-electron chi connectivity index (χ1n) is 6.09. The fourth-order valence-corrected chi connectivity index (χ4v) is 1.83. The number of nitrogens with two attached hydrogens (primary N) is 1. The molecule has 0 atom stereocenters. The Hall–Kier alpha value is -2.55. The van der Waals surface area contributed by atoms with Crippen LogP contribution in [0.15, 0.2) is 41.5 Å². The summed E-state index contributed by atoms with van der Waals surface area (Å²) in [5.41, 5.74) is 5.98. The summed E-state index contributed by atoms with van der Waals surface area (Å²) in [5, 5.41) is 3.08. The Morgan fingerprint density at radius 1 is 1.38 bits per heavy atom. The van der Waals surface area contributed by atoms with Gasteiger partial charge in [0.15, 0.2) is 5.43 Å². The molecule has 0 spiro atoms. The zero-order chi connectivity index (χ0) is 15.2. The zero-order valence-electron chi connectivity index (χ0n) is 10.9. The molecule has 0 radical (unpaired) electrons. The number of amides is 1. The van der Waals surface area contributed by atoms with E-state index in [1.807, 2.05) is 0 Å². The number of carbonyl (C=O) groups excluding carboxylic acids is 1. The average molecular weight is 302 g/mol. The van der Waals surface area contributed by atoms with Crippen LogP contribution in [0.1, 0.15) is 15.9 Å². The van der Waals surface area contributed by atoms with Gasteiger partial charge < -0.3 is 16.0 Å². The molecule has 0 saturated carbocycles. The molecule has 1 aromatic heterocycles. The molecule has 21 heavy (non-hydrogen) atoms. The van der Waals surface area contributed by atoms with Crippen molar-refractivity contribution in [2.45, 2.75) is 0 Å². The molecule has 5 nitrogen and oxygen atoms in total. The lowest BCUT2D eigenvalue weighted by atomic mass is 10.1. The maximum atomic E-state index is 12.1. The summed E-state index contributed by atoms with van der Waals surface area (Å²) in [6.07, 6.45) is 2.80. The average Bonchev–Trinajstić information content (AvgIpc) is 2.47. The number of anilines is 1. The standard InChI is InChI=1S/C15H12ClN3O2/c16-11-4-3-10(2-1-6-17)13(8-11)19-15(21)12-9-18-7-5-14(12)20/h3-5,7-9H,6,17H2,(H,18,20)(H,19,21). The van der Waals surface area contributed by atoms with Crippen molar-refractivity contribution in [1.82, 2.24) is 4.98 Å². The SMILES string of the molecule is NCC#Cc1ccc(Cl)cc1NC(=O)c1c[nH]ccc1=O. The molecular weight excluding hydrogens is 290 g/mol. The Morgan fingerprint density at radius 2 is 2.19 bits per heavy atom. The van der Waals surface area contributed by atoms with E-state index in [4.69, 9.17) is 17.3 Å². The van der Waals surface area contributed by atoms with Crippen LogP contribution in [0.2, 0.25) is 5.02 Å². The van der Waals surface area contributed by atoms with Gasteiger partial charge in [0.05, 0.1) is 12.2 Å². The summed E-state index contributed by atoms with van der Waals surface area (Å²) in [4.78, 5) is 26.4. The maximum Gasteiger partial charge on any atom is 0.261 e. The van der Waals surface area contributed by atoms with Crippen molar-refractivity contribution >= 4 is 23.2 Å². The Kier molecular flexibility index (Phi) is 4.77. The van der Waals surface area contributed by atoms with Crippen LogP contribution in [-0.4, -0.2) is 17.4 Å². The van der Waals surface area contributed by atoms with Crippen molar-refractivity contribution in [2.75, 3.05) is 11.9 Å². The van der Waals surface area contributed by atoms with E-state index in [2.05, 4.69) is 22.1 Å². The third-order valence-electron chi connectivity index (χ3n) is 2.62. The van der Waals surface area contributed by atoms with Gasteiger partial charge in [-0.2, -0.15) is 0 Å². The van der Waals surface area contributed by atoms with Crippen molar-refractivity contribution in [3.63, 3.8) is 0 Å². The number of benzene rings is 1. The molecule has 6 heteroatoms. The number of hydrogen-bond acceptors (Lipinski definition) is 3. The van der Waals surface area contributed by atoms with Gasteiger partial charge in [-0.25, -0.2) is 0 Å². The molecule has 2 rings (SSSR count). The van der Waals surface area contributed by atoms with Crippen LogP contribution in [0.25, 0.3) is 0 Å². The van der Waals surface area contributed by atoms with Crippen LogP contribution in [0, 0.1) is 11.8 Å². The molecule has 0 aliphatic heterocycles. The van der Waals surface area contributed by atoms with E-state index in [9.17, 15) is 9.59 Å². The highest BCUT2D eigenvalue weighted by atomic mass is 35.5. The Labute approximate surface area is 126 Å². The van der Waals surface area contributed by atoms with Gasteiger partial charge in [0.2, 0.25) is 0 Å². The third kappa shape index (κ3) is 3.72. The molecule has 106 valence electrons. The van der Waals surface area contributed by atoms with E-state index in [1.165, 1.54) is 18.5 Å². The van der Waals surface area contributed by atoms with Gasteiger partial charge in [0, 0.05) is 29.0 Å². The number of aromatic amines is 1. The van der Waals surface area contributed by atoms with Crippen molar-refractivity contribution in [3.8, 4) is 11.8 Å². The van der Waals surface area contributed by atoms with Crippen LogP contribution >= 0.6 is 11.6 Å². The van der Waals surface area contributed by atoms with Crippen LogP contribution in [-0.2, 0) is 0 Å². The first-order chi connectivity index (χ1) is 10.1. The smallest absolute Gasteiger partial charge is 0.261 e. The van der Waals surface area contributed by atoms with E-state index in [0.717, 1.165) is 0 Å². The minimum absolute atomic E-state index is 0.00945. The molecule has 0 bridgehead atoms. The highest BCUT2D eigenvalue weighted by Crippen LogP contribution is 2.20. The van der Waals surface area contributed by atoms with Crippen LogP contribution in [0.3, 0.4) is 0 Å². The normalized spacial score (nSPS) is 9.62. The third-order valence-corrected chi connectivity index (χ3v) is 2.86. The second-order valence-electron chi connectivity index (χ2n) is 4.07. The van der Waals surface area contributed by atoms with Gasteiger partial charge in [0.25, 0.3) is 5.91 Å². The number of H-pyrrole nitrogens is 1. The lowest BCUT2D eigenvalue weighted by molar-refractivity contribution is 0.102. The van der Waals surface area contributed by atoms with Gasteiger partial charge in [0.1, 0.15) is 5.56 Å². The fourth-order valence-electron chi connectivity index (χ4n) is 1.66. The largest absolute Gasteiger partial charge is 0.367 e. The fraction of sp³-hybridized carbons (Fsp3) is 0.0667. The minimum atomic E-state index is -0.532. The lowest BCUT2D eigenvalue weighted by Crippen LogP contribution is -2.21. The summed E-state index contributed by atoms with van der Waals surface area (Å²) in [7, 11) is 0. The Morgan fingerprint density at radius 3 is 2.90 bits per heavy atom. The van der Waals surface area contributed by atoms with Crippen LogP contribution in [0.5, 0.6) is 0 Å². The summed E-state index contributed by atoms with van der Waals surface area (Å²) in [5.74, 6) is 5.01. The Bertz CT molecular complexity index is 787. The van der Waals surface area contributed by atoms with Crippen molar-refractivity contribution in [3.05, 3.63) is 63.0 Å². The first-order valence-corrected chi connectivity index (χ1v) is 6.46. The van der Waals surface area contributed by atoms with Crippen molar-refractivity contribution in [2.24, 2.45) is 5.73 Å². The van der Waals surface area contributed by atoms with Gasteiger partial charge in [-0.15, -0.1) is 0 Å². The van der Waals surface area contributed by atoms with Gasteiger partial charge >= 0.3 is 0 Å². The van der Waals surface area contributed by atoms with Gasteiger partial charge in [-0.3, -0.25) is 9.59 Å². The molecule has 0 unspecified atom stereocenters. The molecular formula is C15H12ClN3O2. The second kappa shape index (κ2) is 6.75. The number of rotatable bonds is 2. The monoisotopic (exact) mass is 301 g/mol.